The van der Waals surface area contributed by atoms with Gasteiger partial charge in [0.15, 0.2) is 5.16 Å². The number of hydrogen-bond acceptors (Lipinski definition) is 3. The predicted molar refractivity (Wildman–Crippen MR) is 83.1 cm³/mol. The minimum atomic E-state index is -4.59. The SMILES string of the molecule is FC(F)(F)c1nnc(S)n1-c1ccc(C2CC2)c2ccccc12. The normalized spacial score (nSPS) is 15.3. The number of rotatable bonds is 2. The maximum atomic E-state index is 13.2. The van der Waals surface area contributed by atoms with Crippen molar-refractivity contribution >= 4 is 23.4 Å². The summed E-state index contributed by atoms with van der Waals surface area (Å²) in [6.07, 6.45) is -2.34. The van der Waals surface area contributed by atoms with Crippen LogP contribution in [-0.2, 0) is 6.18 Å². The van der Waals surface area contributed by atoms with E-state index in [1.165, 1.54) is 5.56 Å². The number of hydrogen-bond donors (Lipinski definition) is 1. The molecule has 23 heavy (non-hydrogen) atoms. The first-order valence-electron chi connectivity index (χ1n) is 7.20. The molecular weight excluding hydrogens is 323 g/mol. The van der Waals surface area contributed by atoms with Crippen LogP contribution in [0.4, 0.5) is 13.2 Å². The molecule has 0 amide bonds. The molecule has 1 heterocycles. The zero-order valence-corrected chi connectivity index (χ0v) is 12.8. The molecule has 1 aromatic heterocycles. The topological polar surface area (TPSA) is 30.7 Å². The van der Waals surface area contributed by atoms with Crippen molar-refractivity contribution in [2.75, 3.05) is 0 Å². The van der Waals surface area contributed by atoms with Gasteiger partial charge in [-0.25, -0.2) is 0 Å². The molecule has 3 aromatic rings. The van der Waals surface area contributed by atoms with Crippen LogP contribution in [0.5, 0.6) is 0 Å². The molecule has 0 saturated heterocycles. The fourth-order valence-corrected chi connectivity index (χ4v) is 3.18. The fraction of sp³-hybridized carbons (Fsp3) is 0.250. The second-order valence-electron chi connectivity index (χ2n) is 5.65. The van der Waals surface area contributed by atoms with Gasteiger partial charge in [-0.05, 0) is 35.8 Å². The van der Waals surface area contributed by atoms with Gasteiger partial charge in [-0.1, -0.05) is 30.3 Å². The van der Waals surface area contributed by atoms with E-state index in [1.54, 1.807) is 6.07 Å². The molecule has 0 unspecified atom stereocenters. The number of aromatic nitrogens is 3. The van der Waals surface area contributed by atoms with Crippen molar-refractivity contribution in [1.82, 2.24) is 14.8 Å². The Morgan fingerprint density at radius 1 is 1.00 bits per heavy atom. The smallest absolute Gasteiger partial charge is 0.266 e. The molecule has 0 atom stereocenters. The van der Waals surface area contributed by atoms with Crippen LogP contribution in [0.15, 0.2) is 41.6 Å². The lowest BCUT2D eigenvalue weighted by atomic mass is 9.99. The highest BCUT2D eigenvalue weighted by Crippen LogP contribution is 2.44. The first-order chi connectivity index (χ1) is 11.0. The first-order valence-corrected chi connectivity index (χ1v) is 7.65. The molecule has 0 spiro atoms. The van der Waals surface area contributed by atoms with Gasteiger partial charge in [0.25, 0.3) is 0 Å². The second kappa shape index (κ2) is 4.99. The molecule has 4 rings (SSSR count). The molecule has 0 N–H and O–H groups in total. The Bertz CT molecular complexity index is 897. The summed E-state index contributed by atoms with van der Waals surface area (Å²) in [5, 5.41) is 8.38. The van der Waals surface area contributed by atoms with Gasteiger partial charge in [-0.3, -0.25) is 4.57 Å². The minimum Gasteiger partial charge on any atom is -0.266 e. The van der Waals surface area contributed by atoms with Gasteiger partial charge in [0.05, 0.1) is 5.69 Å². The summed E-state index contributed by atoms with van der Waals surface area (Å²) in [4.78, 5) is 0. The van der Waals surface area contributed by atoms with Crippen LogP contribution in [-0.4, -0.2) is 14.8 Å². The highest BCUT2D eigenvalue weighted by molar-refractivity contribution is 7.80. The van der Waals surface area contributed by atoms with E-state index in [9.17, 15) is 13.2 Å². The summed E-state index contributed by atoms with van der Waals surface area (Å²) >= 11 is 4.06. The van der Waals surface area contributed by atoms with Crippen molar-refractivity contribution < 1.29 is 13.2 Å². The highest BCUT2D eigenvalue weighted by atomic mass is 32.1. The van der Waals surface area contributed by atoms with E-state index < -0.39 is 12.0 Å². The maximum absolute atomic E-state index is 13.2. The molecule has 1 aliphatic carbocycles. The average molecular weight is 335 g/mol. The Morgan fingerprint density at radius 3 is 2.35 bits per heavy atom. The molecule has 3 nitrogen and oxygen atoms in total. The Morgan fingerprint density at radius 2 is 1.70 bits per heavy atom. The lowest BCUT2D eigenvalue weighted by Crippen LogP contribution is -2.14. The van der Waals surface area contributed by atoms with Crippen LogP contribution in [0.1, 0.15) is 30.1 Å². The van der Waals surface area contributed by atoms with E-state index in [0.717, 1.165) is 28.2 Å². The molecule has 1 saturated carbocycles. The van der Waals surface area contributed by atoms with E-state index >= 15 is 0 Å². The summed E-state index contributed by atoms with van der Waals surface area (Å²) in [6.45, 7) is 0. The van der Waals surface area contributed by atoms with Crippen molar-refractivity contribution in [1.29, 1.82) is 0 Å². The lowest BCUT2D eigenvalue weighted by Gasteiger charge is -2.15. The molecule has 1 aliphatic rings. The van der Waals surface area contributed by atoms with E-state index in [-0.39, 0.29) is 5.16 Å². The molecule has 7 heteroatoms. The van der Waals surface area contributed by atoms with Gasteiger partial charge in [-0.15, -0.1) is 22.8 Å². The first kappa shape index (κ1) is 14.6. The molecule has 118 valence electrons. The summed E-state index contributed by atoms with van der Waals surface area (Å²) in [7, 11) is 0. The summed E-state index contributed by atoms with van der Waals surface area (Å²) in [6, 6.07) is 11.1. The maximum Gasteiger partial charge on any atom is 0.452 e. The van der Waals surface area contributed by atoms with Crippen LogP contribution >= 0.6 is 12.6 Å². The van der Waals surface area contributed by atoms with Crippen molar-refractivity contribution in [3.63, 3.8) is 0 Å². The van der Waals surface area contributed by atoms with Crippen LogP contribution in [0, 0.1) is 0 Å². The molecule has 0 aliphatic heterocycles. The largest absolute Gasteiger partial charge is 0.452 e. The number of alkyl halides is 3. The third-order valence-electron chi connectivity index (χ3n) is 4.09. The molecule has 1 fully saturated rings. The lowest BCUT2D eigenvalue weighted by molar-refractivity contribution is -0.146. The zero-order valence-electron chi connectivity index (χ0n) is 11.9. The van der Waals surface area contributed by atoms with Crippen LogP contribution in [0.3, 0.4) is 0 Å². The number of thiol groups is 1. The van der Waals surface area contributed by atoms with Gasteiger partial charge >= 0.3 is 6.18 Å². The summed E-state index contributed by atoms with van der Waals surface area (Å²) in [5.74, 6) is -0.556. The Labute approximate surface area is 135 Å². The van der Waals surface area contributed by atoms with Gasteiger partial charge in [0.1, 0.15) is 0 Å². The molecule has 0 bridgehead atoms. The van der Waals surface area contributed by atoms with E-state index in [1.807, 2.05) is 30.3 Å². The van der Waals surface area contributed by atoms with Gasteiger partial charge < -0.3 is 0 Å². The average Bonchev–Trinajstić information content (AvgIpc) is 3.27. The van der Waals surface area contributed by atoms with Gasteiger partial charge in [0, 0.05) is 5.39 Å². The predicted octanol–water partition coefficient (Wildman–Crippen LogP) is 4.61. The van der Waals surface area contributed by atoms with Crippen molar-refractivity contribution in [2.24, 2.45) is 0 Å². The molecular formula is C16H12F3N3S. The Balaban J connectivity index is 2.01. The van der Waals surface area contributed by atoms with Crippen molar-refractivity contribution in [3.05, 3.63) is 47.8 Å². The number of benzene rings is 2. The number of fused-ring (bicyclic) bond motifs is 1. The van der Waals surface area contributed by atoms with E-state index in [2.05, 4.69) is 22.8 Å². The summed E-state index contributed by atoms with van der Waals surface area (Å²) < 4.78 is 40.6. The van der Waals surface area contributed by atoms with Crippen LogP contribution in [0.25, 0.3) is 16.5 Å². The second-order valence-corrected chi connectivity index (χ2v) is 6.05. The van der Waals surface area contributed by atoms with E-state index in [0.29, 0.717) is 11.6 Å². The zero-order chi connectivity index (χ0) is 16.2. The minimum absolute atomic E-state index is 0.0818. The summed E-state index contributed by atoms with van der Waals surface area (Å²) in [5.41, 5.74) is 1.58. The van der Waals surface area contributed by atoms with Crippen LogP contribution in [0.2, 0.25) is 0 Å². The van der Waals surface area contributed by atoms with Crippen LogP contribution < -0.4 is 0 Å². The van der Waals surface area contributed by atoms with Gasteiger partial charge in [-0.2, -0.15) is 13.2 Å². The van der Waals surface area contributed by atoms with E-state index in [4.69, 9.17) is 0 Å². The quantitative estimate of drug-likeness (QED) is 0.694. The highest BCUT2D eigenvalue weighted by Gasteiger charge is 2.39. The van der Waals surface area contributed by atoms with Crippen molar-refractivity contribution in [2.45, 2.75) is 30.1 Å². The Hall–Kier alpha value is -2.02. The monoisotopic (exact) mass is 335 g/mol. The third-order valence-corrected chi connectivity index (χ3v) is 4.38. The number of halogens is 3. The standard InChI is InChI=1S/C16H12F3N3S/c17-16(18,19)14-20-21-15(23)22(14)13-8-7-10(9-5-6-9)11-3-1-2-4-12(11)13/h1-4,7-9H,5-6H2,(H,21,23). The van der Waals surface area contributed by atoms with Crippen molar-refractivity contribution in [3.8, 4) is 5.69 Å². The molecule has 2 aromatic carbocycles. The molecule has 0 radical (unpaired) electrons. The fourth-order valence-electron chi connectivity index (χ4n) is 2.93. The third kappa shape index (κ3) is 2.39. The Kier molecular flexibility index (Phi) is 3.16. The number of nitrogens with zero attached hydrogens (tertiary/aromatic N) is 3. The van der Waals surface area contributed by atoms with Gasteiger partial charge in [0.2, 0.25) is 5.82 Å².